The maximum atomic E-state index is 14.2. The zero-order valence-electron chi connectivity index (χ0n) is 25.1. The molecule has 216 valence electrons. The Balaban J connectivity index is 1.25. The lowest BCUT2D eigenvalue weighted by Gasteiger charge is -2.32. The zero-order valence-corrected chi connectivity index (χ0v) is 25.1. The molecule has 3 aliphatic carbocycles. The predicted octanol–water partition coefficient (Wildman–Crippen LogP) is 9.92. The van der Waals surface area contributed by atoms with Crippen molar-refractivity contribution in [3.63, 3.8) is 0 Å². The van der Waals surface area contributed by atoms with Crippen molar-refractivity contribution in [2.45, 2.75) is 25.7 Å². The first-order valence-corrected chi connectivity index (χ1v) is 16.4. The summed E-state index contributed by atoms with van der Waals surface area (Å²) in [5, 5.41) is 8.91. The molecule has 0 spiro atoms. The number of Topliss-reactive ketones (excluding diaryl/α,β-unsaturated/α-hetero) is 2. The Bertz CT molecular complexity index is 2620. The van der Waals surface area contributed by atoms with Gasteiger partial charge in [-0.1, -0.05) is 97.1 Å². The number of benzene rings is 7. The molecule has 0 aromatic heterocycles. The summed E-state index contributed by atoms with van der Waals surface area (Å²) >= 11 is 0. The first-order chi connectivity index (χ1) is 22.6. The van der Waals surface area contributed by atoms with Gasteiger partial charge in [0.25, 0.3) is 0 Å². The van der Waals surface area contributed by atoms with Crippen molar-refractivity contribution in [1.82, 2.24) is 0 Å². The van der Waals surface area contributed by atoms with E-state index in [2.05, 4.69) is 103 Å². The van der Waals surface area contributed by atoms with Crippen LogP contribution < -0.4 is 0 Å². The molecule has 4 aliphatic rings. The number of carbonyl (C=O) groups excluding carboxylic acids is 2. The number of ketones is 2. The molecule has 1 unspecified atom stereocenters. The number of aliphatic imine (C=N–C) groups is 1. The van der Waals surface area contributed by atoms with Crippen molar-refractivity contribution in [3.05, 3.63) is 136 Å². The number of aryl methyl sites for hydroxylation is 1. The minimum Gasteiger partial charge on any atom is -0.294 e. The molecule has 2 atom stereocenters. The fourth-order valence-corrected chi connectivity index (χ4v) is 9.26. The first kappa shape index (κ1) is 24.9. The third kappa shape index (κ3) is 3.06. The van der Waals surface area contributed by atoms with Crippen LogP contribution in [-0.2, 0) is 12.8 Å². The maximum Gasteiger partial charge on any atom is 0.171 e. The van der Waals surface area contributed by atoms with Gasteiger partial charge < -0.3 is 0 Å². The molecule has 0 bridgehead atoms. The molecular formula is C43H27NO2. The van der Waals surface area contributed by atoms with E-state index < -0.39 is 0 Å². The molecule has 11 rings (SSSR count). The highest BCUT2D eigenvalue weighted by Gasteiger charge is 2.37. The van der Waals surface area contributed by atoms with Gasteiger partial charge in [0.2, 0.25) is 0 Å². The molecule has 1 aliphatic heterocycles. The smallest absolute Gasteiger partial charge is 0.171 e. The second kappa shape index (κ2) is 8.64. The Kier molecular flexibility index (Phi) is 4.67. The fourth-order valence-electron chi connectivity index (χ4n) is 9.26. The van der Waals surface area contributed by atoms with Gasteiger partial charge in [-0.2, -0.15) is 0 Å². The van der Waals surface area contributed by atoms with Crippen molar-refractivity contribution in [2.75, 3.05) is 0 Å². The van der Waals surface area contributed by atoms with E-state index >= 15 is 0 Å². The van der Waals surface area contributed by atoms with E-state index in [1.165, 1.54) is 22.3 Å². The highest BCUT2D eigenvalue weighted by molar-refractivity contribution is 6.40. The Morgan fingerprint density at radius 3 is 1.98 bits per heavy atom. The van der Waals surface area contributed by atoms with Crippen LogP contribution in [-0.4, -0.2) is 17.3 Å². The van der Waals surface area contributed by atoms with E-state index in [1.54, 1.807) is 0 Å². The molecule has 3 heteroatoms. The van der Waals surface area contributed by atoms with Gasteiger partial charge in [-0.25, -0.2) is 0 Å². The van der Waals surface area contributed by atoms with Crippen LogP contribution in [0.1, 0.15) is 61.4 Å². The van der Waals surface area contributed by atoms with Gasteiger partial charge in [0.1, 0.15) is 0 Å². The largest absolute Gasteiger partial charge is 0.294 e. The van der Waals surface area contributed by atoms with Gasteiger partial charge in [0.15, 0.2) is 11.6 Å². The molecule has 0 saturated carbocycles. The van der Waals surface area contributed by atoms with Crippen LogP contribution in [0.25, 0.3) is 54.7 Å². The molecule has 0 fully saturated rings. The molecule has 0 amide bonds. The molecular weight excluding hydrogens is 562 g/mol. The lowest BCUT2D eigenvalue weighted by atomic mass is 9.70. The first-order valence-electron chi connectivity index (χ1n) is 16.4. The number of para-hydroxylation sites is 1. The van der Waals surface area contributed by atoms with Crippen molar-refractivity contribution < 1.29 is 9.59 Å². The molecule has 7 aromatic carbocycles. The highest BCUT2D eigenvalue weighted by atomic mass is 16.1. The Morgan fingerprint density at radius 2 is 1.20 bits per heavy atom. The van der Waals surface area contributed by atoms with Gasteiger partial charge >= 0.3 is 0 Å². The second-order valence-corrected chi connectivity index (χ2v) is 13.6. The van der Waals surface area contributed by atoms with Gasteiger partial charge in [-0.05, 0) is 85.5 Å². The third-order valence-corrected chi connectivity index (χ3v) is 11.3. The van der Waals surface area contributed by atoms with Crippen LogP contribution in [0.5, 0.6) is 0 Å². The topological polar surface area (TPSA) is 46.5 Å². The highest BCUT2D eigenvalue weighted by Crippen LogP contribution is 2.51. The Hall–Kier alpha value is -5.41. The van der Waals surface area contributed by atoms with Gasteiger partial charge in [0.05, 0.1) is 17.3 Å². The third-order valence-electron chi connectivity index (χ3n) is 11.3. The van der Waals surface area contributed by atoms with Crippen molar-refractivity contribution >= 4 is 77.7 Å². The van der Waals surface area contributed by atoms with Gasteiger partial charge in [-0.15, -0.1) is 0 Å². The molecule has 7 aromatic rings. The average Bonchev–Trinajstić information content (AvgIpc) is 3.34. The van der Waals surface area contributed by atoms with Gasteiger partial charge in [0, 0.05) is 39.8 Å². The summed E-state index contributed by atoms with van der Waals surface area (Å²) in [6, 6.07) is 34.2. The lowest BCUT2D eigenvalue weighted by Crippen LogP contribution is -2.26. The predicted molar refractivity (Wildman–Crippen MR) is 187 cm³/mol. The fraction of sp³-hybridized carbons (Fsp3) is 0.140. The van der Waals surface area contributed by atoms with Gasteiger partial charge in [-0.3, -0.25) is 14.6 Å². The second-order valence-electron chi connectivity index (χ2n) is 13.6. The molecule has 46 heavy (non-hydrogen) atoms. The number of rotatable bonds is 0. The minimum atomic E-state index is -0.155. The monoisotopic (exact) mass is 589 g/mol. The summed E-state index contributed by atoms with van der Waals surface area (Å²) in [4.78, 5) is 33.5. The van der Waals surface area contributed by atoms with E-state index in [9.17, 15) is 9.59 Å². The summed E-state index contributed by atoms with van der Waals surface area (Å²) in [6.07, 6.45) is 5.29. The Morgan fingerprint density at radius 1 is 0.565 bits per heavy atom. The van der Waals surface area contributed by atoms with Crippen LogP contribution in [0.15, 0.2) is 102 Å². The zero-order chi connectivity index (χ0) is 30.3. The number of carbonyl (C=O) groups is 2. The molecule has 3 nitrogen and oxygen atoms in total. The SMILES string of the molecule is O=C1CC2CCc3ccccc3N=C2c2ccc3c4ccc5c6c(ccc(c7ccc1c2c73)c64)C1=Cc2ccccc2C[C@H]1C5=O. The molecule has 0 saturated heterocycles. The van der Waals surface area contributed by atoms with Crippen molar-refractivity contribution in [3.8, 4) is 0 Å². The number of hydrogen-bond donors (Lipinski definition) is 0. The van der Waals surface area contributed by atoms with Crippen molar-refractivity contribution in [2.24, 2.45) is 16.8 Å². The average molecular weight is 590 g/mol. The summed E-state index contributed by atoms with van der Waals surface area (Å²) in [5.74, 6) is 0.340. The molecule has 0 radical (unpaired) electrons. The maximum absolute atomic E-state index is 14.2. The van der Waals surface area contributed by atoms with E-state index in [0.29, 0.717) is 6.42 Å². The van der Waals surface area contributed by atoms with Crippen LogP contribution in [0.3, 0.4) is 0 Å². The van der Waals surface area contributed by atoms with Crippen LogP contribution in [0.2, 0.25) is 0 Å². The van der Waals surface area contributed by atoms with Crippen LogP contribution in [0.4, 0.5) is 5.69 Å². The summed E-state index contributed by atoms with van der Waals surface area (Å²) in [6.45, 7) is 0. The van der Waals surface area contributed by atoms with Crippen molar-refractivity contribution in [1.29, 1.82) is 0 Å². The van der Waals surface area contributed by atoms with E-state index in [4.69, 9.17) is 4.99 Å². The summed E-state index contributed by atoms with van der Waals surface area (Å²) in [7, 11) is 0. The lowest BCUT2D eigenvalue weighted by molar-refractivity contribution is 0.0947. The van der Waals surface area contributed by atoms with Crippen LogP contribution in [0, 0.1) is 11.8 Å². The molecule has 1 heterocycles. The summed E-state index contributed by atoms with van der Waals surface area (Å²) < 4.78 is 0. The van der Waals surface area contributed by atoms with E-state index in [0.717, 1.165) is 96.0 Å². The van der Waals surface area contributed by atoms with E-state index in [1.807, 2.05) is 0 Å². The molecule has 0 N–H and O–H groups in total. The number of fused-ring (bicyclic) bond motifs is 8. The Labute approximate surface area is 265 Å². The minimum absolute atomic E-state index is 0.0827. The standard InChI is InChI=1S/C43H27NO2/c45-37-21-25-10-9-22-5-3-4-8-36(22)44-42(25)32-17-14-28-29-15-18-33-40-30(34-19-23-6-1-2-7-24(23)20-35(34)43(33)46)12-11-26(38(29)40)27-13-16-31(37)41(32)39(27)28/h1-8,11-19,25,35H,9-10,20-21H2/t25?,35-/m1/s1. The number of hydrogen-bond acceptors (Lipinski definition) is 3. The normalized spacial score (nSPS) is 19.7. The van der Waals surface area contributed by atoms with E-state index in [-0.39, 0.29) is 23.4 Å². The quantitative estimate of drug-likeness (QED) is 0.131. The summed E-state index contributed by atoms with van der Waals surface area (Å²) in [5.41, 5.74) is 10.8. The van der Waals surface area contributed by atoms with Crippen LogP contribution >= 0.6 is 0 Å². The number of allylic oxidation sites excluding steroid dienone is 1. The number of nitrogens with zero attached hydrogens (tertiary/aromatic N) is 1.